The Bertz CT molecular complexity index is 1210. The third kappa shape index (κ3) is 5.55. The van der Waals surface area contributed by atoms with Crippen molar-refractivity contribution in [1.29, 1.82) is 0 Å². The molecule has 3 rings (SSSR count). The molecule has 0 aliphatic carbocycles. The molecule has 0 aromatic heterocycles. The summed E-state index contributed by atoms with van der Waals surface area (Å²) in [7, 11) is -4.01. The van der Waals surface area contributed by atoms with E-state index in [2.05, 4.69) is 10.5 Å². The van der Waals surface area contributed by atoms with Crippen molar-refractivity contribution in [2.45, 2.75) is 18.7 Å². The second-order valence-electron chi connectivity index (χ2n) is 6.98. The number of nitrogens with one attached hydrogen (secondary N) is 1. The van der Waals surface area contributed by atoms with Crippen molar-refractivity contribution in [3.63, 3.8) is 0 Å². The Labute approximate surface area is 181 Å². The summed E-state index contributed by atoms with van der Waals surface area (Å²) < 4.78 is 41.3. The molecule has 6 nitrogen and oxygen atoms in total. The van der Waals surface area contributed by atoms with Gasteiger partial charge in [0.2, 0.25) is 0 Å². The Morgan fingerprint density at radius 2 is 1.71 bits per heavy atom. The number of sulfonamides is 1. The van der Waals surface area contributed by atoms with Crippen molar-refractivity contribution in [3.8, 4) is 0 Å². The Morgan fingerprint density at radius 1 is 1.00 bits per heavy atom. The average Bonchev–Trinajstić information content (AvgIpc) is 2.73. The van der Waals surface area contributed by atoms with Crippen LogP contribution in [0.3, 0.4) is 0 Å². The number of benzene rings is 3. The predicted molar refractivity (Wildman–Crippen MR) is 119 cm³/mol. The molecule has 0 unspecified atom stereocenters. The summed E-state index contributed by atoms with van der Waals surface area (Å²) in [5.74, 6) is -1.14. The Morgan fingerprint density at radius 3 is 2.39 bits per heavy atom. The third-order valence-electron chi connectivity index (χ3n) is 4.48. The molecule has 31 heavy (non-hydrogen) atoms. The number of amides is 1. The van der Waals surface area contributed by atoms with Gasteiger partial charge in [0.25, 0.3) is 15.9 Å². The second-order valence-corrected chi connectivity index (χ2v) is 8.84. The van der Waals surface area contributed by atoms with Gasteiger partial charge in [-0.3, -0.25) is 9.10 Å². The average molecular weight is 440 g/mol. The van der Waals surface area contributed by atoms with E-state index in [0.717, 1.165) is 15.4 Å². The molecule has 0 heterocycles. The summed E-state index contributed by atoms with van der Waals surface area (Å²) in [5.41, 5.74) is 4.58. The van der Waals surface area contributed by atoms with Crippen LogP contribution in [0.25, 0.3) is 0 Å². The highest BCUT2D eigenvalue weighted by Crippen LogP contribution is 2.24. The first-order chi connectivity index (χ1) is 14.8. The molecule has 0 spiro atoms. The lowest BCUT2D eigenvalue weighted by molar-refractivity contribution is -0.119. The van der Waals surface area contributed by atoms with Gasteiger partial charge in [-0.15, -0.1) is 0 Å². The predicted octanol–water partition coefficient (Wildman–Crippen LogP) is 3.79. The number of carbonyl (C=O) groups is 1. The lowest BCUT2D eigenvalue weighted by atomic mass is 10.2. The van der Waals surface area contributed by atoms with Gasteiger partial charge < -0.3 is 0 Å². The van der Waals surface area contributed by atoms with Crippen LogP contribution >= 0.6 is 0 Å². The quantitative estimate of drug-likeness (QED) is 0.449. The molecule has 1 N–H and O–H groups in total. The topological polar surface area (TPSA) is 78.8 Å². The first kappa shape index (κ1) is 22.2. The minimum absolute atomic E-state index is 0.0715. The molecular formula is C23H22FN3O3S. The van der Waals surface area contributed by atoms with Crippen molar-refractivity contribution in [2.75, 3.05) is 10.8 Å². The summed E-state index contributed by atoms with van der Waals surface area (Å²) in [5, 5.41) is 3.75. The van der Waals surface area contributed by atoms with E-state index in [0.29, 0.717) is 5.69 Å². The van der Waals surface area contributed by atoms with Gasteiger partial charge in [0.05, 0.1) is 16.8 Å². The zero-order valence-electron chi connectivity index (χ0n) is 17.1. The number of halogens is 1. The SMILES string of the molecule is Cc1ccc(S(=O)(=O)N(CC(=O)NN=Cc2ccccc2F)c2cccc(C)c2)cc1. The van der Waals surface area contributed by atoms with Gasteiger partial charge in [-0.05, 0) is 49.7 Å². The number of hydrazone groups is 1. The second kappa shape index (κ2) is 9.53. The van der Waals surface area contributed by atoms with Crippen molar-refractivity contribution in [1.82, 2.24) is 5.43 Å². The maximum atomic E-state index is 13.7. The fourth-order valence-corrected chi connectivity index (χ4v) is 4.27. The smallest absolute Gasteiger partial charge is 0.264 e. The summed E-state index contributed by atoms with van der Waals surface area (Å²) in [6.07, 6.45) is 1.17. The van der Waals surface area contributed by atoms with Gasteiger partial charge in [0.1, 0.15) is 12.4 Å². The molecule has 0 saturated carbocycles. The molecule has 3 aromatic rings. The van der Waals surface area contributed by atoms with Gasteiger partial charge >= 0.3 is 0 Å². The maximum Gasteiger partial charge on any atom is 0.264 e. The summed E-state index contributed by atoms with van der Waals surface area (Å²) in [6, 6.07) is 19.2. The van der Waals surface area contributed by atoms with Crippen LogP contribution in [0.2, 0.25) is 0 Å². The molecule has 0 saturated heterocycles. The van der Waals surface area contributed by atoms with Crippen LogP contribution in [-0.4, -0.2) is 27.1 Å². The molecule has 0 aliphatic heterocycles. The number of hydrogen-bond donors (Lipinski definition) is 1. The Balaban J connectivity index is 1.86. The van der Waals surface area contributed by atoms with E-state index >= 15 is 0 Å². The zero-order chi connectivity index (χ0) is 22.4. The van der Waals surface area contributed by atoms with E-state index in [-0.39, 0.29) is 10.5 Å². The highest BCUT2D eigenvalue weighted by Gasteiger charge is 2.27. The van der Waals surface area contributed by atoms with Crippen LogP contribution in [0.1, 0.15) is 16.7 Å². The lowest BCUT2D eigenvalue weighted by Gasteiger charge is -2.24. The Kier molecular flexibility index (Phi) is 6.81. The minimum atomic E-state index is -4.01. The summed E-state index contributed by atoms with van der Waals surface area (Å²) in [4.78, 5) is 12.6. The highest BCUT2D eigenvalue weighted by atomic mass is 32.2. The number of hydrogen-bond acceptors (Lipinski definition) is 4. The molecule has 0 radical (unpaired) electrons. The molecule has 0 aliphatic rings. The number of carbonyl (C=O) groups excluding carboxylic acids is 1. The number of nitrogens with zero attached hydrogens (tertiary/aromatic N) is 2. The van der Waals surface area contributed by atoms with Crippen LogP contribution in [0.5, 0.6) is 0 Å². The van der Waals surface area contributed by atoms with Gasteiger partial charge in [-0.1, -0.05) is 48.0 Å². The first-order valence-electron chi connectivity index (χ1n) is 9.50. The molecule has 0 fully saturated rings. The molecular weight excluding hydrogens is 417 g/mol. The van der Waals surface area contributed by atoms with E-state index in [9.17, 15) is 17.6 Å². The fourth-order valence-electron chi connectivity index (χ4n) is 2.86. The van der Waals surface area contributed by atoms with Crippen LogP contribution in [-0.2, 0) is 14.8 Å². The maximum absolute atomic E-state index is 13.7. The molecule has 160 valence electrons. The minimum Gasteiger partial charge on any atom is -0.271 e. The fraction of sp³-hybridized carbons (Fsp3) is 0.130. The van der Waals surface area contributed by atoms with E-state index in [1.54, 1.807) is 42.5 Å². The summed E-state index contributed by atoms with van der Waals surface area (Å²) >= 11 is 0. The first-order valence-corrected chi connectivity index (χ1v) is 10.9. The van der Waals surface area contributed by atoms with Gasteiger partial charge in [0.15, 0.2) is 0 Å². The van der Waals surface area contributed by atoms with Gasteiger partial charge in [0, 0.05) is 5.56 Å². The third-order valence-corrected chi connectivity index (χ3v) is 6.27. The van der Waals surface area contributed by atoms with Crippen LogP contribution in [0.15, 0.2) is 82.8 Å². The number of aryl methyl sites for hydroxylation is 2. The summed E-state index contributed by atoms with van der Waals surface area (Å²) in [6.45, 7) is 3.20. The highest BCUT2D eigenvalue weighted by molar-refractivity contribution is 7.92. The molecule has 3 aromatic carbocycles. The van der Waals surface area contributed by atoms with Crippen molar-refractivity contribution in [3.05, 3.63) is 95.3 Å². The van der Waals surface area contributed by atoms with Crippen molar-refractivity contribution >= 4 is 27.8 Å². The lowest BCUT2D eigenvalue weighted by Crippen LogP contribution is -2.39. The van der Waals surface area contributed by atoms with E-state index in [1.165, 1.54) is 30.5 Å². The molecule has 1 amide bonds. The van der Waals surface area contributed by atoms with E-state index < -0.39 is 28.3 Å². The number of anilines is 1. The van der Waals surface area contributed by atoms with Gasteiger partial charge in [-0.2, -0.15) is 5.10 Å². The number of rotatable bonds is 7. The Hall–Kier alpha value is -3.52. The van der Waals surface area contributed by atoms with Crippen LogP contribution < -0.4 is 9.73 Å². The largest absolute Gasteiger partial charge is 0.271 e. The van der Waals surface area contributed by atoms with E-state index in [4.69, 9.17) is 0 Å². The normalized spacial score (nSPS) is 11.5. The van der Waals surface area contributed by atoms with Crippen LogP contribution in [0.4, 0.5) is 10.1 Å². The molecule has 0 atom stereocenters. The van der Waals surface area contributed by atoms with Crippen molar-refractivity contribution < 1.29 is 17.6 Å². The standard InChI is InChI=1S/C23H22FN3O3S/c1-17-10-12-21(13-11-17)31(29,30)27(20-8-5-6-18(2)14-20)16-23(28)26-25-15-19-7-3-4-9-22(19)24/h3-15H,16H2,1-2H3,(H,26,28). The monoisotopic (exact) mass is 439 g/mol. The zero-order valence-corrected chi connectivity index (χ0v) is 17.9. The van der Waals surface area contributed by atoms with Gasteiger partial charge in [-0.25, -0.2) is 18.2 Å². The van der Waals surface area contributed by atoms with Crippen molar-refractivity contribution in [2.24, 2.45) is 5.10 Å². The van der Waals surface area contributed by atoms with E-state index in [1.807, 2.05) is 19.9 Å². The van der Waals surface area contributed by atoms with Crippen LogP contribution in [0, 0.1) is 19.7 Å². The molecule has 8 heteroatoms. The molecule has 0 bridgehead atoms.